The Morgan fingerprint density at radius 3 is 2.92 bits per heavy atom. The number of carbonyl (C=O) groups is 2. The van der Waals surface area contributed by atoms with Gasteiger partial charge in [-0.3, -0.25) is 9.59 Å². The highest BCUT2D eigenvalue weighted by molar-refractivity contribution is 7.10. The van der Waals surface area contributed by atoms with Crippen molar-refractivity contribution in [3.05, 3.63) is 63.5 Å². The summed E-state index contributed by atoms with van der Waals surface area (Å²) in [7, 11) is 0. The van der Waals surface area contributed by atoms with Crippen LogP contribution in [-0.2, 0) is 22.6 Å². The molecule has 128 valence electrons. The van der Waals surface area contributed by atoms with Gasteiger partial charge in [0.2, 0.25) is 11.8 Å². The van der Waals surface area contributed by atoms with E-state index in [-0.39, 0.29) is 17.9 Å². The van der Waals surface area contributed by atoms with Gasteiger partial charge in [-0.2, -0.15) is 0 Å². The molecule has 0 N–H and O–H groups in total. The molecule has 0 saturated carbocycles. The molecule has 2 amide bonds. The first-order chi connectivity index (χ1) is 12.1. The van der Waals surface area contributed by atoms with Crippen LogP contribution in [0.1, 0.15) is 41.0 Å². The van der Waals surface area contributed by atoms with Crippen molar-refractivity contribution in [2.45, 2.75) is 32.4 Å². The molecule has 0 spiro atoms. The van der Waals surface area contributed by atoms with E-state index in [0.29, 0.717) is 13.0 Å². The lowest BCUT2D eigenvalue weighted by atomic mass is 9.93. The van der Waals surface area contributed by atoms with Crippen LogP contribution in [0.5, 0.6) is 0 Å². The minimum absolute atomic E-state index is 0.0395. The van der Waals surface area contributed by atoms with Crippen molar-refractivity contribution >= 4 is 29.2 Å². The molecule has 0 unspecified atom stereocenters. The smallest absolute Gasteiger partial charge is 0.225 e. The summed E-state index contributed by atoms with van der Waals surface area (Å²) < 4.78 is 0. The Balaban J connectivity index is 1.56. The van der Waals surface area contributed by atoms with E-state index in [0.717, 1.165) is 24.1 Å². The van der Waals surface area contributed by atoms with Crippen molar-refractivity contribution in [1.82, 2.24) is 9.80 Å². The molecule has 0 fully saturated rings. The van der Waals surface area contributed by atoms with Crippen molar-refractivity contribution in [2.75, 3.05) is 6.54 Å². The molecule has 1 aromatic heterocycles. The highest BCUT2D eigenvalue weighted by Gasteiger charge is 2.31. The van der Waals surface area contributed by atoms with Crippen molar-refractivity contribution < 1.29 is 9.59 Å². The SMILES string of the molecule is CC(=O)N1C=Cc2ccccc2[C@@H]1CC(=O)N1CCc2sccc2C1. The van der Waals surface area contributed by atoms with E-state index in [1.807, 2.05) is 35.2 Å². The van der Waals surface area contributed by atoms with Gasteiger partial charge < -0.3 is 9.80 Å². The van der Waals surface area contributed by atoms with Gasteiger partial charge in [0.1, 0.15) is 0 Å². The fraction of sp³-hybridized carbons (Fsp3) is 0.300. The Morgan fingerprint density at radius 2 is 2.08 bits per heavy atom. The largest absolute Gasteiger partial charge is 0.338 e. The average molecular weight is 352 g/mol. The number of rotatable bonds is 2. The number of benzene rings is 1. The first-order valence-corrected chi connectivity index (χ1v) is 9.40. The molecule has 25 heavy (non-hydrogen) atoms. The van der Waals surface area contributed by atoms with Crippen LogP contribution in [-0.4, -0.2) is 28.2 Å². The third-order valence-corrected chi connectivity index (χ3v) is 6.02. The molecule has 5 heteroatoms. The third-order valence-electron chi connectivity index (χ3n) is 5.00. The second-order valence-electron chi connectivity index (χ2n) is 6.53. The van der Waals surface area contributed by atoms with Gasteiger partial charge in [-0.05, 0) is 40.6 Å². The number of amides is 2. The van der Waals surface area contributed by atoms with Gasteiger partial charge in [0, 0.05) is 31.1 Å². The molecule has 2 aliphatic heterocycles. The van der Waals surface area contributed by atoms with Crippen LogP contribution in [0.2, 0.25) is 0 Å². The van der Waals surface area contributed by atoms with Gasteiger partial charge in [0.15, 0.2) is 0 Å². The predicted molar refractivity (Wildman–Crippen MR) is 98.8 cm³/mol. The molecular weight excluding hydrogens is 332 g/mol. The molecule has 0 saturated heterocycles. The van der Waals surface area contributed by atoms with E-state index in [4.69, 9.17) is 0 Å². The van der Waals surface area contributed by atoms with E-state index in [1.165, 1.54) is 10.4 Å². The Morgan fingerprint density at radius 1 is 1.24 bits per heavy atom. The molecule has 1 aromatic carbocycles. The van der Waals surface area contributed by atoms with E-state index < -0.39 is 0 Å². The second-order valence-corrected chi connectivity index (χ2v) is 7.53. The Hall–Kier alpha value is -2.40. The Labute approximate surface area is 151 Å². The second kappa shape index (κ2) is 6.48. The summed E-state index contributed by atoms with van der Waals surface area (Å²) in [5.74, 6) is 0.0699. The molecule has 3 heterocycles. The molecular formula is C20H20N2O2S. The minimum Gasteiger partial charge on any atom is -0.338 e. The summed E-state index contributed by atoms with van der Waals surface area (Å²) in [6.45, 7) is 2.99. The lowest BCUT2D eigenvalue weighted by molar-refractivity contribution is -0.135. The van der Waals surface area contributed by atoms with E-state index >= 15 is 0 Å². The van der Waals surface area contributed by atoms with E-state index in [1.54, 1.807) is 29.4 Å². The van der Waals surface area contributed by atoms with Crippen molar-refractivity contribution in [2.24, 2.45) is 0 Å². The number of thiophene rings is 1. The number of hydrogen-bond acceptors (Lipinski definition) is 3. The van der Waals surface area contributed by atoms with Crippen LogP contribution in [0.15, 0.2) is 41.9 Å². The number of fused-ring (bicyclic) bond motifs is 2. The van der Waals surface area contributed by atoms with Crippen molar-refractivity contribution in [3.63, 3.8) is 0 Å². The maximum atomic E-state index is 12.9. The van der Waals surface area contributed by atoms with Crippen LogP contribution >= 0.6 is 11.3 Å². The fourth-order valence-corrected chi connectivity index (χ4v) is 4.56. The van der Waals surface area contributed by atoms with Crippen LogP contribution in [0, 0.1) is 0 Å². The quantitative estimate of drug-likeness (QED) is 0.829. The minimum atomic E-state index is -0.227. The lowest BCUT2D eigenvalue weighted by Crippen LogP contribution is -2.39. The Kier molecular flexibility index (Phi) is 4.17. The summed E-state index contributed by atoms with van der Waals surface area (Å²) in [5.41, 5.74) is 3.38. The molecule has 0 aliphatic carbocycles. The molecule has 0 bridgehead atoms. The van der Waals surface area contributed by atoms with Crippen molar-refractivity contribution in [3.8, 4) is 0 Å². The van der Waals surface area contributed by atoms with Crippen molar-refractivity contribution in [1.29, 1.82) is 0 Å². The first-order valence-electron chi connectivity index (χ1n) is 8.52. The summed E-state index contributed by atoms with van der Waals surface area (Å²) in [6, 6.07) is 9.87. The van der Waals surface area contributed by atoms with Gasteiger partial charge in [-0.1, -0.05) is 24.3 Å². The number of hydrogen-bond donors (Lipinski definition) is 0. The average Bonchev–Trinajstić information content (AvgIpc) is 3.09. The fourth-order valence-electron chi connectivity index (χ4n) is 3.67. The maximum Gasteiger partial charge on any atom is 0.225 e. The van der Waals surface area contributed by atoms with E-state index in [2.05, 4.69) is 11.4 Å². The zero-order valence-corrected chi connectivity index (χ0v) is 15.0. The van der Waals surface area contributed by atoms with Gasteiger partial charge >= 0.3 is 0 Å². The molecule has 4 nitrogen and oxygen atoms in total. The highest BCUT2D eigenvalue weighted by atomic mass is 32.1. The molecule has 2 aliphatic rings. The predicted octanol–water partition coefficient (Wildman–Crippen LogP) is 3.60. The summed E-state index contributed by atoms with van der Waals surface area (Å²) in [4.78, 5) is 30.0. The van der Waals surface area contributed by atoms with Gasteiger partial charge in [0.05, 0.1) is 12.5 Å². The molecule has 0 radical (unpaired) electrons. The number of carbonyl (C=O) groups excluding carboxylic acids is 2. The highest BCUT2D eigenvalue weighted by Crippen LogP contribution is 2.34. The number of nitrogens with zero attached hydrogens (tertiary/aromatic N) is 2. The van der Waals surface area contributed by atoms with Crippen LogP contribution in [0.25, 0.3) is 6.08 Å². The Bertz CT molecular complexity index is 855. The summed E-state index contributed by atoms with van der Waals surface area (Å²) in [6.07, 6.45) is 4.99. The maximum absolute atomic E-state index is 12.9. The third kappa shape index (κ3) is 3.00. The van der Waals surface area contributed by atoms with Crippen LogP contribution < -0.4 is 0 Å². The zero-order valence-electron chi connectivity index (χ0n) is 14.1. The standard InChI is InChI=1S/C20H20N2O2S/c1-14(23)22-10-6-15-4-2-3-5-17(15)18(22)12-20(24)21-9-7-19-16(13-21)8-11-25-19/h2-6,8,10-11,18H,7,9,12-13H2,1H3/t18-/m0/s1. The van der Waals surface area contributed by atoms with Crippen LogP contribution in [0.3, 0.4) is 0 Å². The topological polar surface area (TPSA) is 40.6 Å². The summed E-state index contributed by atoms with van der Waals surface area (Å²) >= 11 is 1.77. The molecule has 1 atom stereocenters. The zero-order chi connectivity index (χ0) is 17.4. The van der Waals surface area contributed by atoms with Crippen LogP contribution in [0.4, 0.5) is 0 Å². The normalized spacial score (nSPS) is 18.7. The molecule has 4 rings (SSSR count). The van der Waals surface area contributed by atoms with Gasteiger partial charge in [-0.15, -0.1) is 11.3 Å². The van der Waals surface area contributed by atoms with Gasteiger partial charge in [0.25, 0.3) is 0 Å². The lowest BCUT2D eigenvalue weighted by Gasteiger charge is -2.34. The first kappa shape index (κ1) is 16.1. The van der Waals surface area contributed by atoms with E-state index in [9.17, 15) is 9.59 Å². The molecule has 2 aromatic rings. The van der Waals surface area contributed by atoms with Gasteiger partial charge in [-0.25, -0.2) is 0 Å². The summed E-state index contributed by atoms with van der Waals surface area (Å²) in [5, 5.41) is 2.10. The monoisotopic (exact) mass is 352 g/mol.